The molecule has 0 radical (unpaired) electrons. The average molecular weight is 676 g/mol. The van der Waals surface area contributed by atoms with Crippen molar-refractivity contribution in [3.05, 3.63) is 88.5 Å². The summed E-state index contributed by atoms with van der Waals surface area (Å²) in [6, 6.07) is 13.1. The number of amides is 3. The molecule has 1 heterocycles. The Kier molecular flexibility index (Phi) is 9.60. The van der Waals surface area contributed by atoms with Crippen molar-refractivity contribution in [2.45, 2.75) is 56.9 Å². The molecule has 0 unspecified atom stereocenters. The molecule has 0 spiro atoms. The highest BCUT2D eigenvalue weighted by Crippen LogP contribution is 2.43. The summed E-state index contributed by atoms with van der Waals surface area (Å²) in [5, 5.41) is 5.01. The van der Waals surface area contributed by atoms with Crippen LogP contribution in [0.2, 0.25) is 0 Å². The molecule has 9 nitrogen and oxygen atoms in total. The zero-order valence-corrected chi connectivity index (χ0v) is 25.3. The summed E-state index contributed by atoms with van der Waals surface area (Å²) in [6.07, 6.45) is -4.62. The van der Waals surface area contributed by atoms with E-state index in [4.69, 9.17) is 11.3 Å². The first-order valence-corrected chi connectivity index (χ1v) is 15.2. The number of alkyl halides is 6. The third kappa shape index (κ3) is 7.93. The number of nitrogens with one attached hydrogen (secondary N) is 2. The largest absolute Gasteiger partial charge is 0.417 e. The molecule has 4 aromatic rings. The van der Waals surface area contributed by atoms with E-state index in [9.17, 15) is 35.9 Å². The number of rotatable bonds is 6. The topological polar surface area (TPSA) is 137 Å². The second-order valence-electron chi connectivity index (χ2n) is 10.9. The summed E-state index contributed by atoms with van der Waals surface area (Å²) in [5.74, 6) is -0.872. The Morgan fingerprint density at radius 1 is 0.957 bits per heavy atom. The number of hydrogen-bond donors (Lipinski definition) is 3. The van der Waals surface area contributed by atoms with E-state index in [-0.39, 0.29) is 23.3 Å². The van der Waals surface area contributed by atoms with Gasteiger partial charge in [-0.25, -0.2) is 15.3 Å². The van der Waals surface area contributed by atoms with E-state index in [1.165, 1.54) is 23.5 Å². The number of aromatic nitrogens is 1. The van der Waals surface area contributed by atoms with E-state index in [0.29, 0.717) is 34.6 Å². The van der Waals surface area contributed by atoms with Crippen LogP contribution < -0.4 is 16.0 Å². The third-order valence-electron chi connectivity index (χ3n) is 7.74. The van der Waals surface area contributed by atoms with Gasteiger partial charge in [0.1, 0.15) is 0 Å². The lowest BCUT2D eigenvalue weighted by Gasteiger charge is -2.25. The van der Waals surface area contributed by atoms with E-state index in [1.54, 1.807) is 24.3 Å². The van der Waals surface area contributed by atoms with Crippen LogP contribution in [0.15, 0.2) is 70.8 Å². The molecular weight excluding hydrogens is 648 g/mol. The van der Waals surface area contributed by atoms with E-state index in [1.807, 2.05) is 12.1 Å². The Morgan fingerprint density at radius 3 is 2.21 bits per heavy atom. The highest BCUT2D eigenvalue weighted by atomic mass is 32.1. The second-order valence-corrected chi connectivity index (χ2v) is 11.9. The molecule has 0 aliphatic heterocycles. The highest BCUT2D eigenvalue weighted by Gasteiger charge is 2.39. The summed E-state index contributed by atoms with van der Waals surface area (Å²) in [5.41, 5.74) is 10.8. The van der Waals surface area contributed by atoms with Crippen LogP contribution in [0, 0.1) is 5.53 Å². The number of urea groups is 1. The fraction of sp³-hybridized carbons (Fsp3) is 0.290. The number of halogens is 6. The number of thiazole rings is 1. The Morgan fingerprint density at radius 2 is 1.62 bits per heavy atom. The van der Waals surface area contributed by atoms with Crippen molar-refractivity contribution in [2.75, 3.05) is 10.2 Å². The van der Waals surface area contributed by atoms with Gasteiger partial charge in [0.25, 0.3) is 5.91 Å². The van der Waals surface area contributed by atoms with Gasteiger partial charge in [0.05, 0.1) is 27.9 Å². The minimum Gasteiger partial charge on any atom is -0.366 e. The molecule has 16 heteroatoms. The maximum absolute atomic E-state index is 13.7. The molecule has 0 atom stereocenters. The second kappa shape index (κ2) is 13.5. The molecule has 246 valence electrons. The lowest BCUT2D eigenvalue weighted by atomic mass is 9.84. The van der Waals surface area contributed by atoms with Gasteiger partial charge in [-0.2, -0.15) is 31.3 Å². The number of guanidine groups is 1. The first-order valence-electron chi connectivity index (χ1n) is 14.4. The third-order valence-corrected chi connectivity index (χ3v) is 8.76. The van der Waals surface area contributed by atoms with Gasteiger partial charge in [0.2, 0.25) is 5.96 Å². The zero-order valence-electron chi connectivity index (χ0n) is 24.5. The summed E-state index contributed by atoms with van der Waals surface area (Å²) in [6.45, 7) is -0.0620. The molecule has 3 aromatic carbocycles. The lowest BCUT2D eigenvalue weighted by molar-refractivity contribution is -0.142. The van der Waals surface area contributed by atoms with Gasteiger partial charge in [-0.1, -0.05) is 54.9 Å². The van der Waals surface area contributed by atoms with Crippen LogP contribution >= 0.6 is 11.3 Å². The summed E-state index contributed by atoms with van der Waals surface area (Å²) >= 11 is 0.412. The van der Waals surface area contributed by atoms with Crippen molar-refractivity contribution in [1.29, 1.82) is 5.53 Å². The predicted octanol–water partition coefficient (Wildman–Crippen LogP) is 9.11. The molecule has 1 aromatic heterocycles. The average Bonchev–Trinajstić information content (AvgIpc) is 3.45. The number of benzene rings is 3. The Bertz CT molecular complexity index is 1810. The highest BCUT2D eigenvalue weighted by molar-refractivity contribution is 7.22. The van der Waals surface area contributed by atoms with Gasteiger partial charge in [0.15, 0.2) is 5.13 Å². The molecule has 0 saturated heterocycles. The molecule has 3 amide bonds. The van der Waals surface area contributed by atoms with E-state index in [2.05, 4.69) is 20.4 Å². The van der Waals surface area contributed by atoms with E-state index < -0.39 is 51.6 Å². The monoisotopic (exact) mass is 675 g/mol. The van der Waals surface area contributed by atoms with E-state index in [0.717, 1.165) is 31.2 Å². The minimum absolute atomic E-state index is 0.0298. The number of aliphatic imine (C=N–C) groups is 1. The Hall–Kier alpha value is -4.86. The molecule has 47 heavy (non-hydrogen) atoms. The standard InChI is InChI=1S/C31H27F6N7O2S/c32-30(33,34)21-14-23(31(35,36)37)25-24(15-21)40-28(47-25)42-29(46)44(22-12-10-19(11-13-22)18-4-2-1-3-5-18)16-17-6-8-20(9-7-17)26(45)41-27(38)43-39/h6-15,18,39H,1-5,16H2,(H2,38,41,45)(H,40,42,46). The fourth-order valence-corrected chi connectivity index (χ4v) is 6.36. The van der Waals surface area contributed by atoms with Crippen molar-refractivity contribution in [1.82, 2.24) is 4.98 Å². The molecule has 4 N–H and O–H groups in total. The fourth-order valence-electron chi connectivity index (χ4n) is 5.39. The number of carbonyl (C=O) groups is 2. The molecule has 1 saturated carbocycles. The van der Waals surface area contributed by atoms with Crippen molar-refractivity contribution < 1.29 is 35.9 Å². The van der Waals surface area contributed by atoms with Crippen LogP contribution in [0.1, 0.15) is 70.6 Å². The number of anilines is 2. The zero-order chi connectivity index (χ0) is 33.9. The summed E-state index contributed by atoms with van der Waals surface area (Å²) in [7, 11) is 0. The number of carbonyl (C=O) groups excluding carboxylic acids is 2. The van der Waals surface area contributed by atoms with Gasteiger partial charge < -0.3 is 5.73 Å². The molecule has 0 bridgehead atoms. The van der Waals surface area contributed by atoms with Crippen LogP contribution in [0.25, 0.3) is 10.2 Å². The Labute approximate surface area is 268 Å². The van der Waals surface area contributed by atoms with E-state index >= 15 is 0 Å². The Balaban J connectivity index is 1.46. The quantitative estimate of drug-likeness (QED) is 0.0813. The van der Waals surface area contributed by atoms with Gasteiger partial charge >= 0.3 is 18.4 Å². The van der Waals surface area contributed by atoms with Crippen LogP contribution in [-0.4, -0.2) is 22.9 Å². The van der Waals surface area contributed by atoms with Gasteiger partial charge in [-0.15, -0.1) is 5.11 Å². The van der Waals surface area contributed by atoms with Crippen LogP contribution in [0.5, 0.6) is 0 Å². The molecule has 5 rings (SSSR count). The molecule has 1 aliphatic carbocycles. The number of nitrogens with two attached hydrogens (primary N) is 1. The maximum atomic E-state index is 13.7. The molecule has 1 fully saturated rings. The van der Waals surface area contributed by atoms with Crippen molar-refractivity contribution in [3.63, 3.8) is 0 Å². The van der Waals surface area contributed by atoms with Crippen molar-refractivity contribution >= 4 is 50.3 Å². The lowest BCUT2D eigenvalue weighted by Crippen LogP contribution is -2.34. The van der Waals surface area contributed by atoms with Crippen LogP contribution in [0.3, 0.4) is 0 Å². The summed E-state index contributed by atoms with van der Waals surface area (Å²) < 4.78 is 80.8. The predicted molar refractivity (Wildman–Crippen MR) is 165 cm³/mol. The van der Waals surface area contributed by atoms with Gasteiger partial charge in [-0.05, 0) is 66.3 Å². The van der Waals surface area contributed by atoms with Crippen molar-refractivity contribution in [2.24, 2.45) is 15.8 Å². The number of hydrogen-bond acceptors (Lipinski definition) is 5. The maximum Gasteiger partial charge on any atom is 0.417 e. The summed E-state index contributed by atoms with van der Waals surface area (Å²) in [4.78, 5) is 34.6. The minimum atomic E-state index is -5.10. The number of fused-ring (bicyclic) bond motifs is 1. The van der Waals surface area contributed by atoms with Crippen molar-refractivity contribution in [3.8, 4) is 0 Å². The van der Waals surface area contributed by atoms with Gasteiger partial charge in [-0.3, -0.25) is 15.0 Å². The van der Waals surface area contributed by atoms with Crippen LogP contribution in [0.4, 0.5) is 42.0 Å². The molecular formula is C31H27F6N7O2S. The van der Waals surface area contributed by atoms with Gasteiger partial charge in [0, 0.05) is 11.3 Å². The first-order chi connectivity index (χ1) is 22.2. The number of nitrogens with zero attached hydrogens (tertiary/aromatic N) is 4. The first kappa shape index (κ1) is 33.5. The smallest absolute Gasteiger partial charge is 0.366 e. The molecule has 1 aliphatic rings. The van der Waals surface area contributed by atoms with Crippen LogP contribution in [-0.2, 0) is 18.9 Å². The SMILES string of the molecule is N=NC(N)=NC(=O)c1ccc(CN(C(=O)Nc2nc3cc(C(F)(F)F)cc(C(F)(F)F)c3s2)c2ccc(C3CCCCC3)cc2)cc1. The normalized spacial score (nSPS) is 14.6.